The fourth-order valence-corrected chi connectivity index (χ4v) is 4.77. The molecule has 0 aliphatic heterocycles. The number of rotatable bonds is 6. The first kappa shape index (κ1) is 22.9. The van der Waals surface area contributed by atoms with Gasteiger partial charge in [0.15, 0.2) is 11.6 Å². The molecule has 0 amide bonds. The van der Waals surface area contributed by atoms with Gasteiger partial charge in [0, 0.05) is 5.56 Å². The van der Waals surface area contributed by atoms with Crippen LogP contribution in [0.25, 0.3) is 11.6 Å². The van der Waals surface area contributed by atoms with Crippen molar-refractivity contribution in [2.24, 2.45) is 5.92 Å². The van der Waals surface area contributed by atoms with E-state index in [0.29, 0.717) is 42.0 Å². The number of allylic oxidation sites excluding steroid dienone is 1. The molecule has 0 unspecified atom stereocenters. The van der Waals surface area contributed by atoms with E-state index in [1.165, 1.54) is 6.08 Å². The molecule has 172 valence electrons. The molecule has 2 aromatic carbocycles. The predicted molar refractivity (Wildman–Crippen MR) is 110 cm³/mol. The van der Waals surface area contributed by atoms with Crippen LogP contribution in [0, 0.1) is 29.2 Å². The molecule has 4 rings (SSSR count). The highest BCUT2D eigenvalue weighted by atomic mass is 19.3. The van der Waals surface area contributed by atoms with Gasteiger partial charge in [0.1, 0.15) is 11.6 Å². The lowest BCUT2D eigenvalue weighted by Gasteiger charge is -2.31. The minimum absolute atomic E-state index is 0.0341. The molecule has 0 atom stereocenters. The first-order valence-corrected chi connectivity index (χ1v) is 10.9. The van der Waals surface area contributed by atoms with E-state index in [0.717, 1.165) is 37.8 Å². The van der Waals surface area contributed by atoms with Crippen LogP contribution in [-0.4, -0.2) is 6.10 Å². The molecule has 0 saturated heterocycles. The molecule has 0 radical (unpaired) electrons. The van der Waals surface area contributed by atoms with Gasteiger partial charge >= 0.3 is 6.11 Å². The fraction of sp³-hybridized carbons (Fsp3) is 0.440. The molecule has 0 N–H and O–H groups in total. The van der Waals surface area contributed by atoms with Crippen LogP contribution in [0.3, 0.4) is 0 Å². The third-order valence-electron chi connectivity index (χ3n) is 6.40. The lowest BCUT2D eigenvalue weighted by Crippen LogP contribution is -2.30. The van der Waals surface area contributed by atoms with Crippen LogP contribution < -0.4 is 0 Å². The van der Waals surface area contributed by atoms with E-state index in [1.54, 1.807) is 0 Å². The summed E-state index contributed by atoms with van der Waals surface area (Å²) < 4.78 is 90.8. The van der Waals surface area contributed by atoms with E-state index in [2.05, 4.69) is 6.92 Å². The Morgan fingerprint density at radius 1 is 0.875 bits per heavy atom. The molecular formula is C25H24F6O. The van der Waals surface area contributed by atoms with Gasteiger partial charge in [-0.15, -0.1) is 0 Å². The van der Waals surface area contributed by atoms with Crippen molar-refractivity contribution in [3.63, 3.8) is 0 Å². The van der Waals surface area contributed by atoms with Crippen LogP contribution in [-0.2, 0) is 17.3 Å². The van der Waals surface area contributed by atoms with E-state index in [-0.39, 0.29) is 12.0 Å². The quantitative estimate of drug-likeness (QED) is 0.405. The number of benzene rings is 2. The molecule has 0 heterocycles. The van der Waals surface area contributed by atoms with E-state index in [4.69, 9.17) is 4.74 Å². The largest absolute Gasteiger partial charge is 0.383 e. The smallest absolute Gasteiger partial charge is 0.313 e. The molecule has 0 aromatic heterocycles. The zero-order valence-corrected chi connectivity index (χ0v) is 17.7. The lowest BCUT2D eigenvalue weighted by molar-refractivity contribution is -0.278. The van der Waals surface area contributed by atoms with Gasteiger partial charge in [-0.3, -0.25) is 0 Å². The summed E-state index contributed by atoms with van der Waals surface area (Å²) >= 11 is 0. The van der Waals surface area contributed by atoms with Crippen LogP contribution in [0.2, 0.25) is 0 Å². The molecule has 7 heteroatoms. The Hall–Kier alpha value is -2.28. The standard InChI is InChI=1S/C25H24F6O/c1-2-3-14-4-6-19(7-5-14)32-25(30,31)18-12-22(28)24(23(29)13-18)17-8-15-10-20(26)21(27)11-16(15)9-17/h8,10-14,19H,2-7,9H2,1H3. The van der Waals surface area contributed by atoms with Crippen LogP contribution in [0.1, 0.15) is 67.7 Å². The van der Waals surface area contributed by atoms with Crippen molar-refractivity contribution < 1.29 is 31.1 Å². The van der Waals surface area contributed by atoms with Gasteiger partial charge in [-0.25, -0.2) is 17.6 Å². The summed E-state index contributed by atoms with van der Waals surface area (Å²) in [5.41, 5.74) is -0.574. The normalized spacial score (nSPS) is 20.9. The monoisotopic (exact) mass is 454 g/mol. The third kappa shape index (κ3) is 4.58. The van der Waals surface area contributed by atoms with Crippen LogP contribution >= 0.6 is 0 Å². The molecule has 2 aromatic rings. The summed E-state index contributed by atoms with van der Waals surface area (Å²) in [5, 5.41) is 0. The molecule has 32 heavy (non-hydrogen) atoms. The van der Waals surface area contributed by atoms with Gasteiger partial charge in [0.05, 0.1) is 11.7 Å². The van der Waals surface area contributed by atoms with Crippen molar-refractivity contribution >= 4 is 11.6 Å². The Morgan fingerprint density at radius 2 is 1.50 bits per heavy atom. The number of hydrogen-bond donors (Lipinski definition) is 0. The van der Waals surface area contributed by atoms with Crippen molar-refractivity contribution in [3.05, 3.63) is 69.8 Å². The van der Waals surface area contributed by atoms with Crippen molar-refractivity contribution in [2.45, 2.75) is 64.1 Å². The van der Waals surface area contributed by atoms with Gasteiger partial charge in [-0.2, -0.15) is 8.78 Å². The van der Waals surface area contributed by atoms with E-state index in [9.17, 15) is 26.3 Å². The summed E-state index contributed by atoms with van der Waals surface area (Å²) in [7, 11) is 0. The van der Waals surface area contributed by atoms with Gasteiger partial charge in [0.2, 0.25) is 0 Å². The van der Waals surface area contributed by atoms with E-state index < -0.39 is 46.6 Å². The zero-order valence-electron chi connectivity index (χ0n) is 17.7. The lowest BCUT2D eigenvalue weighted by atomic mass is 9.84. The maximum absolute atomic E-state index is 14.8. The van der Waals surface area contributed by atoms with Gasteiger partial charge in [-0.05, 0) is 79.0 Å². The van der Waals surface area contributed by atoms with Gasteiger partial charge in [-0.1, -0.05) is 25.8 Å². The Morgan fingerprint density at radius 3 is 2.12 bits per heavy atom. The van der Waals surface area contributed by atoms with Gasteiger partial charge < -0.3 is 4.74 Å². The topological polar surface area (TPSA) is 9.23 Å². The van der Waals surface area contributed by atoms with Crippen LogP contribution in [0.15, 0.2) is 24.3 Å². The van der Waals surface area contributed by atoms with Crippen molar-refractivity contribution in [3.8, 4) is 0 Å². The highest BCUT2D eigenvalue weighted by Gasteiger charge is 2.39. The Labute approximate surface area is 183 Å². The molecule has 1 nitrogen and oxygen atoms in total. The van der Waals surface area contributed by atoms with Crippen molar-refractivity contribution in [2.75, 3.05) is 0 Å². The number of hydrogen-bond acceptors (Lipinski definition) is 1. The highest BCUT2D eigenvalue weighted by Crippen LogP contribution is 2.40. The summed E-state index contributed by atoms with van der Waals surface area (Å²) in [4.78, 5) is 0. The number of ether oxygens (including phenoxy) is 1. The fourth-order valence-electron chi connectivity index (χ4n) is 4.77. The minimum atomic E-state index is -3.83. The third-order valence-corrected chi connectivity index (χ3v) is 6.40. The highest BCUT2D eigenvalue weighted by molar-refractivity contribution is 5.89. The molecule has 1 fully saturated rings. The second kappa shape index (κ2) is 8.93. The molecular weight excluding hydrogens is 430 g/mol. The minimum Gasteiger partial charge on any atom is -0.313 e. The first-order valence-electron chi connectivity index (χ1n) is 10.9. The van der Waals surface area contributed by atoms with E-state index >= 15 is 0 Å². The molecule has 2 aliphatic rings. The van der Waals surface area contributed by atoms with Crippen LogP contribution in [0.4, 0.5) is 26.3 Å². The van der Waals surface area contributed by atoms with Crippen LogP contribution in [0.5, 0.6) is 0 Å². The predicted octanol–water partition coefficient (Wildman–Crippen LogP) is 7.76. The number of fused-ring (bicyclic) bond motifs is 1. The summed E-state index contributed by atoms with van der Waals surface area (Å²) in [6.45, 7) is 2.08. The number of alkyl halides is 2. The second-order valence-electron chi connectivity index (χ2n) is 8.69. The van der Waals surface area contributed by atoms with E-state index in [1.807, 2.05) is 0 Å². The molecule has 0 bridgehead atoms. The SMILES string of the molecule is CCCC1CCC(OC(F)(F)c2cc(F)c(C3=Cc4cc(F)c(F)cc4C3)c(F)c2)CC1. The Balaban J connectivity index is 1.52. The van der Waals surface area contributed by atoms with Gasteiger partial charge in [0.25, 0.3) is 0 Å². The molecule has 1 saturated carbocycles. The molecule has 2 aliphatic carbocycles. The first-order chi connectivity index (χ1) is 15.2. The Bertz CT molecular complexity index is 1010. The summed E-state index contributed by atoms with van der Waals surface area (Å²) in [6.07, 6.45) is 1.47. The maximum Gasteiger partial charge on any atom is 0.383 e. The number of halogens is 6. The maximum atomic E-state index is 14.8. The average Bonchev–Trinajstić information content (AvgIpc) is 3.11. The summed E-state index contributed by atoms with van der Waals surface area (Å²) in [5.74, 6) is -3.97. The van der Waals surface area contributed by atoms with Crippen molar-refractivity contribution in [1.82, 2.24) is 0 Å². The van der Waals surface area contributed by atoms with Crippen molar-refractivity contribution in [1.29, 1.82) is 0 Å². The average molecular weight is 454 g/mol. The second-order valence-corrected chi connectivity index (χ2v) is 8.69. The molecule has 0 spiro atoms. The summed E-state index contributed by atoms with van der Waals surface area (Å²) in [6, 6.07) is 3.06. The zero-order chi connectivity index (χ0) is 23.0. The Kier molecular flexibility index (Phi) is 6.39.